The van der Waals surface area contributed by atoms with E-state index in [9.17, 15) is 12.3 Å². The van der Waals surface area contributed by atoms with Crippen molar-refractivity contribution in [1.29, 1.82) is 0 Å². The Morgan fingerprint density at radius 2 is 1.64 bits per heavy atom. The lowest BCUT2D eigenvalue weighted by molar-refractivity contribution is 0.552. The van der Waals surface area contributed by atoms with Crippen LogP contribution in [0.2, 0.25) is 5.02 Å². The van der Waals surface area contributed by atoms with Crippen LogP contribution in [0.1, 0.15) is 0 Å². The van der Waals surface area contributed by atoms with Gasteiger partial charge in [0.15, 0.2) is 0 Å². The summed E-state index contributed by atoms with van der Waals surface area (Å²) in [5.74, 6) is 0. The highest BCUT2D eigenvalue weighted by Gasteiger charge is 2.09. The molecule has 1 aromatic carbocycles. The summed E-state index contributed by atoms with van der Waals surface area (Å²) in [6, 6.07) is 4.84. The predicted octanol–water partition coefficient (Wildman–Crippen LogP) is 2.00. The van der Waals surface area contributed by atoms with Crippen molar-refractivity contribution in [2.24, 2.45) is 0 Å². The van der Waals surface area contributed by atoms with E-state index in [1.807, 2.05) is 0 Å². The zero-order valence-corrected chi connectivity index (χ0v) is 6.86. The number of hydrogen-bond donors (Lipinski definition) is 0. The second kappa shape index (κ2) is 2.79. The van der Waals surface area contributed by atoms with Crippen LogP contribution in [-0.2, 0) is 10.2 Å². The lowest BCUT2D eigenvalue weighted by atomic mass is 10.4. The Balaban J connectivity index is 3.20. The molecule has 0 aromatic heterocycles. The molecule has 0 aliphatic carbocycles. The maximum absolute atomic E-state index is 12.2. The summed E-state index contributed by atoms with van der Waals surface area (Å²) >= 11 is 5.44. The van der Waals surface area contributed by atoms with Gasteiger partial charge in [-0.05, 0) is 24.3 Å². The Kier molecular flexibility index (Phi) is 2.15. The van der Waals surface area contributed by atoms with E-state index < -0.39 is 10.2 Å². The van der Waals surface area contributed by atoms with Crippen molar-refractivity contribution in [3.05, 3.63) is 29.3 Å². The van der Waals surface area contributed by atoms with E-state index in [1.165, 1.54) is 12.1 Å². The summed E-state index contributed by atoms with van der Waals surface area (Å²) < 4.78 is 32.7. The summed E-state index contributed by atoms with van der Waals surface area (Å²) in [6.45, 7) is 0. The van der Waals surface area contributed by atoms with Gasteiger partial charge in [0.1, 0.15) is 0 Å². The fourth-order valence-electron chi connectivity index (χ4n) is 0.597. The molecule has 0 unspecified atom stereocenters. The van der Waals surface area contributed by atoms with Gasteiger partial charge in [0.05, 0.1) is 4.90 Å². The van der Waals surface area contributed by atoms with Crippen LogP contribution in [0.25, 0.3) is 0 Å². The van der Waals surface area contributed by atoms with Crippen LogP contribution in [0, 0.1) is 0 Å². The van der Waals surface area contributed by atoms with Crippen molar-refractivity contribution in [3.63, 3.8) is 0 Å². The molecule has 0 atom stereocenters. The van der Waals surface area contributed by atoms with Crippen molar-refractivity contribution in [1.82, 2.24) is 0 Å². The third-order valence-corrected chi connectivity index (χ3v) is 2.18. The lowest BCUT2D eigenvalue weighted by Crippen LogP contribution is -1.89. The van der Waals surface area contributed by atoms with Gasteiger partial charge in [-0.1, -0.05) is 11.6 Å². The fraction of sp³-hybridized carbons (Fsp3) is 0. The third-order valence-electron chi connectivity index (χ3n) is 1.10. The quantitative estimate of drug-likeness (QED) is 0.640. The molecule has 1 aromatic rings. The van der Waals surface area contributed by atoms with Gasteiger partial charge < -0.3 is 0 Å². The number of rotatable bonds is 1. The maximum atomic E-state index is 12.2. The molecule has 0 aliphatic rings. The molecular formula is C6H4ClFO2S. The Labute approximate surface area is 68.8 Å². The van der Waals surface area contributed by atoms with Crippen LogP contribution in [-0.4, -0.2) is 8.42 Å². The topological polar surface area (TPSA) is 34.1 Å². The molecule has 0 bridgehead atoms. The van der Waals surface area contributed by atoms with Crippen LogP contribution in [0.4, 0.5) is 3.89 Å². The molecule has 60 valence electrons. The predicted molar refractivity (Wildman–Crippen MR) is 39.7 cm³/mol. The Bertz CT molecular complexity index is 343. The van der Waals surface area contributed by atoms with Crippen LogP contribution in [0.5, 0.6) is 0 Å². The minimum atomic E-state index is -4.58. The van der Waals surface area contributed by atoms with E-state index in [1.54, 1.807) is 0 Å². The van der Waals surface area contributed by atoms with Gasteiger partial charge in [-0.2, -0.15) is 8.42 Å². The van der Waals surface area contributed by atoms with Gasteiger partial charge in [0.25, 0.3) is 0 Å². The van der Waals surface area contributed by atoms with Gasteiger partial charge in [-0.25, -0.2) is 0 Å². The molecule has 0 heterocycles. The van der Waals surface area contributed by atoms with Crippen molar-refractivity contribution in [2.45, 2.75) is 4.90 Å². The molecule has 0 radical (unpaired) electrons. The highest BCUT2D eigenvalue weighted by Crippen LogP contribution is 2.15. The zero-order valence-electron chi connectivity index (χ0n) is 5.29. The van der Waals surface area contributed by atoms with Crippen LogP contribution >= 0.6 is 11.6 Å². The lowest BCUT2D eigenvalue weighted by Gasteiger charge is -1.92. The molecule has 0 fully saturated rings. The first kappa shape index (κ1) is 8.49. The second-order valence-corrected chi connectivity index (χ2v) is 3.68. The fourth-order valence-corrected chi connectivity index (χ4v) is 1.18. The number of halogens is 2. The van der Waals surface area contributed by atoms with Gasteiger partial charge in [-0.3, -0.25) is 0 Å². The van der Waals surface area contributed by atoms with Crippen molar-refractivity contribution >= 4 is 21.8 Å². The van der Waals surface area contributed by atoms with Crippen molar-refractivity contribution in [3.8, 4) is 0 Å². The van der Waals surface area contributed by atoms with Crippen molar-refractivity contribution < 1.29 is 12.3 Å². The van der Waals surface area contributed by atoms with E-state index in [0.717, 1.165) is 12.1 Å². The Hall–Kier alpha value is -0.610. The maximum Gasteiger partial charge on any atom is 0.332 e. The normalized spacial score (nSPS) is 11.5. The van der Waals surface area contributed by atoms with E-state index in [4.69, 9.17) is 11.6 Å². The first-order chi connectivity index (χ1) is 5.00. The summed E-state index contributed by atoms with van der Waals surface area (Å²) in [5, 5.41) is 0.373. The number of benzene rings is 1. The van der Waals surface area contributed by atoms with Gasteiger partial charge >= 0.3 is 10.2 Å². The van der Waals surface area contributed by atoms with Crippen molar-refractivity contribution in [2.75, 3.05) is 0 Å². The molecule has 0 saturated heterocycles. The zero-order chi connectivity index (χ0) is 8.48. The van der Waals surface area contributed by atoms with Crippen LogP contribution in [0.3, 0.4) is 0 Å². The van der Waals surface area contributed by atoms with Crippen LogP contribution in [0.15, 0.2) is 29.2 Å². The minimum Gasteiger partial charge on any atom is -0.189 e. The average Bonchev–Trinajstić information content (AvgIpc) is 1.86. The monoisotopic (exact) mass is 193 g/mol. The Morgan fingerprint density at radius 3 is 2.00 bits per heavy atom. The molecule has 0 N–H and O–H groups in total. The van der Waals surface area contributed by atoms with Gasteiger partial charge in [0.2, 0.25) is 0 Å². The number of hydrogen-bond acceptors (Lipinski definition) is 2. The van der Waals surface area contributed by atoms with Gasteiger partial charge in [-0.15, -0.1) is 3.89 Å². The second-order valence-electron chi connectivity index (χ2n) is 1.89. The van der Waals surface area contributed by atoms with E-state index in [2.05, 4.69) is 0 Å². The summed E-state index contributed by atoms with van der Waals surface area (Å²) in [5.41, 5.74) is 0. The molecule has 0 spiro atoms. The first-order valence-electron chi connectivity index (χ1n) is 2.70. The third kappa shape index (κ3) is 2.17. The largest absolute Gasteiger partial charge is 0.332 e. The summed E-state index contributed by atoms with van der Waals surface area (Å²) in [6.07, 6.45) is 0. The molecule has 0 amide bonds. The summed E-state index contributed by atoms with van der Waals surface area (Å²) in [7, 11) is -4.58. The first-order valence-corrected chi connectivity index (χ1v) is 4.46. The van der Waals surface area contributed by atoms with Gasteiger partial charge in [0, 0.05) is 5.02 Å². The molecular weight excluding hydrogens is 190 g/mol. The minimum absolute atomic E-state index is 0.373. The molecule has 1 rings (SSSR count). The highest BCUT2D eigenvalue weighted by atomic mass is 35.5. The SMILES string of the molecule is O=S(=O)([18F])c1ccc(Cl)cc1. The molecule has 5 heteroatoms. The molecule has 11 heavy (non-hydrogen) atoms. The van der Waals surface area contributed by atoms with E-state index >= 15 is 0 Å². The molecule has 0 aliphatic heterocycles. The van der Waals surface area contributed by atoms with E-state index in [0.29, 0.717) is 5.02 Å². The molecule has 2 nitrogen and oxygen atoms in total. The highest BCUT2D eigenvalue weighted by molar-refractivity contribution is 7.86. The van der Waals surface area contributed by atoms with Crippen LogP contribution < -0.4 is 0 Å². The molecule has 0 saturated carbocycles. The summed E-state index contributed by atoms with van der Waals surface area (Å²) in [4.78, 5) is -0.373. The Morgan fingerprint density at radius 1 is 1.18 bits per heavy atom. The van der Waals surface area contributed by atoms with E-state index in [-0.39, 0.29) is 4.90 Å². The average molecular weight is 194 g/mol. The standard InChI is InChI=1S/C6H4ClFO2S/c7-5-1-3-6(4-2-5)11(8,9)10/h1-4H/i8-1. The smallest absolute Gasteiger partial charge is 0.189 e.